The largest absolute Gasteiger partial charge is 0.490 e. The zero-order valence-corrected chi connectivity index (χ0v) is 15.7. The molecule has 0 radical (unpaired) electrons. The van der Waals surface area contributed by atoms with Crippen molar-refractivity contribution in [3.8, 4) is 22.6 Å². The first-order valence-electron chi connectivity index (χ1n) is 9.23. The molecule has 4 aromatic rings. The Balaban J connectivity index is 1.45. The van der Waals surface area contributed by atoms with Crippen molar-refractivity contribution in [2.75, 3.05) is 13.2 Å². The average molecular weight is 371 g/mol. The van der Waals surface area contributed by atoms with Gasteiger partial charge in [0.1, 0.15) is 24.7 Å². The van der Waals surface area contributed by atoms with E-state index in [0.717, 1.165) is 40.0 Å². The van der Waals surface area contributed by atoms with E-state index >= 15 is 0 Å². The Morgan fingerprint density at radius 3 is 2.21 bits per heavy atom. The Bertz CT molecular complexity index is 1080. The molecule has 0 saturated heterocycles. The van der Waals surface area contributed by atoms with Crippen LogP contribution in [0.5, 0.6) is 11.5 Å². The van der Waals surface area contributed by atoms with Crippen LogP contribution in [0.25, 0.3) is 16.6 Å². The van der Waals surface area contributed by atoms with Crippen LogP contribution in [0.1, 0.15) is 16.1 Å². The van der Waals surface area contributed by atoms with Gasteiger partial charge in [0.25, 0.3) is 0 Å². The molecule has 0 aliphatic carbocycles. The molecule has 4 nitrogen and oxygen atoms in total. The van der Waals surface area contributed by atoms with Gasteiger partial charge in [-0.2, -0.15) is 0 Å². The second-order valence-corrected chi connectivity index (χ2v) is 6.54. The number of para-hydroxylation sites is 1. The summed E-state index contributed by atoms with van der Waals surface area (Å²) in [6.07, 6.45) is 2.83. The number of rotatable bonds is 7. The van der Waals surface area contributed by atoms with Gasteiger partial charge in [0.2, 0.25) is 0 Å². The smallest absolute Gasteiger partial charge is 0.167 e. The molecule has 2 heterocycles. The third-order valence-corrected chi connectivity index (χ3v) is 4.70. The minimum Gasteiger partial charge on any atom is -0.490 e. The van der Waals surface area contributed by atoms with Crippen LogP contribution in [-0.4, -0.2) is 23.9 Å². The first-order valence-corrected chi connectivity index (χ1v) is 9.23. The molecule has 2 aromatic carbocycles. The Hall–Kier alpha value is -3.53. The van der Waals surface area contributed by atoms with Crippen LogP contribution in [0.3, 0.4) is 0 Å². The zero-order valence-electron chi connectivity index (χ0n) is 15.7. The number of hydrogen-bond donors (Lipinski definition) is 0. The summed E-state index contributed by atoms with van der Waals surface area (Å²) in [4.78, 5) is 11.7. The van der Waals surface area contributed by atoms with E-state index in [1.165, 1.54) is 0 Å². The van der Waals surface area contributed by atoms with Crippen molar-refractivity contribution in [2.24, 2.45) is 0 Å². The minimum absolute atomic E-state index is 0.461. The van der Waals surface area contributed by atoms with E-state index < -0.39 is 0 Å². The van der Waals surface area contributed by atoms with E-state index in [9.17, 15) is 4.79 Å². The molecule has 0 unspecified atom stereocenters. The molecule has 0 aliphatic rings. The molecule has 0 saturated carbocycles. The lowest BCUT2D eigenvalue weighted by Gasteiger charge is -2.09. The lowest BCUT2D eigenvalue weighted by atomic mass is 10.1. The fraction of sp³-hybridized carbons (Fsp3) is 0.125. The topological polar surface area (TPSA) is 39.9 Å². The molecule has 0 amide bonds. The number of aromatic nitrogens is 1. The van der Waals surface area contributed by atoms with Crippen LogP contribution in [0.15, 0.2) is 79.0 Å². The van der Waals surface area contributed by atoms with Crippen LogP contribution >= 0.6 is 0 Å². The van der Waals surface area contributed by atoms with Crippen LogP contribution < -0.4 is 9.47 Å². The lowest BCUT2D eigenvalue weighted by molar-refractivity contribution is 0.111. The fourth-order valence-corrected chi connectivity index (χ4v) is 3.28. The Kier molecular flexibility index (Phi) is 5.11. The summed E-state index contributed by atoms with van der Waals surface area (Å²) in [5.41, 5.74) is 4.73. The third kappa shape index (κ3) is 3.62. The summed E-state index contributed by atoms with van der Waals surface area (Å²) in [5, 5.41) is 0. The highest BCUT2D eigenvalue weighted by Gasteiger charge is 2.12. The van der Waals surface area contributed by atoms with Crippen LogP contribution in [-0.2, 0) is 0 Å². The molecule has 140 valence electrons. The molecule has 0 spiro atoms. The molecule has 0 fully saturated rings. The predicted octanol–water partition coefficient (Wildman–Crippen LogP) is 5.19. The number of aldehydes is 1. The maximum absolute atomic E-state index is 11.7. The summed E-state index contributed by atoms with van der Waals surface area (Å²) in [7, 11) is 0. The Labute approximate surface area is 164 Å². The summed E-state index contributed by atoms with van der Waals surface area (Å²) in [6, 6.07) is 23.5. The van der Waals surface area contributed by atoms with Crippen LogP contribution in [0.4, 0.5) is 0 Å². The highest BCUT2D eigenvalue weighted by molar-refractivity contribution is 5.90. The van der Waals surface area contributed by atoms with Crippen LogP contribution in [0.2, 0.25) is 0 Å². The minimum atomic E-state index is 0.461. The Morgan fingerprint density at radius 2 is 1.54 bits per heavy atom. The normalized spacial score (nSPS) is 10.8. The number of pyridine rings is 1. The molecule has 4 heteroatoms. The standard InChI is InChI=1S/C24H21NO3/c1-18-6-5-13-25-23(18)16-22(24(25)17-26)19-9-11-21(12-10-19)28-15-14-27-20-7-3-2-4-8-20/h2-13,16-17H,14-15H2,1H3. The molecule has 0 atom stereocenters. The molecule has 28 heavy (non-hydrogen) atoms. The van der Waals surface area contributed by atoms with Gasteiger partial charge in [0.15, 0.2) is 6.29 Å². The van der Waals surface area contributed by atoms with Gasteiger partial charge in [-0.05, 0) is 54.4 Å². The predicted molar refractivity (Wildman–Crippen MR) is 110 cm³/mol. The first-order chi connectivity index (χ1) is 13.8. The number of hydrogen-bond acceptors (Lipinski definition) is 3. The van der Waals surface area contributed by atoms with Crippen molar-refractivity contribution in [1.82, 2.24) is 4.40 Å². The Morgan fingerprint density at radius 1 is 0.857 bits per heavy atom. The van der Waals surface area contributed by atoms with E-state index in [0.29, 0.717) is 18.9 Å². The van der Waals surface area contributed by atoms with Crippen molar-refractivity contribution >= 4 is 11.8 Å². The number of ether oxygens (including phenoxy) is 2. The third-order valence-electron chi connectivity index (χ3n) is 4.70. The highest BCUT2D eigenvalue weighted by Crippen LogP contribution is 2.29. The highest BCUT2D eigenvalue weighted by atomic mass is 16.5. The van der Waals surface area contributed by atoms with Gasteiger partial charge in [-0.3, -0.25) is 4.79 Å². The number of nitrogens with zero attached hydrogens (tertiary/aromatic N) is 1. The molecule has 4 rings (SSSR count). The monoisotopic (exact) mass is 371 g/mol. The summed E-state index contributed by atoms with van der Waals surface area (Å²) >= 11 is 0. The molecular weight excluding hydrogens is 350 g/mol. The summed E-state index contributed by atoms with van der Waals surface area (Å²) < 4.78 is 13.3. The number of benzene rings is 2. The number of carbonyl (C=O) groups is 1. The lowest BCUT2D eigenvalue weighted by Crippen LogP contribution is -2.08. The van der Waals surface area contributed by atoms with Crippen molar-refractivity contribution in [3.63, 3.8) is 0 Å². The van der Waals surface area contributed by atoms with Gasteiger partial charge in [0, 0.05) is 17.3 Å². The summed E-state index contributed by atoms with van der Waals surface area (Å²) in [5.74, 6) is 1.60. The molecular formula is C24H21NO3. The second-order valence-electron chi connectivity index (χ2n) is 6.54. The quantitative estimate of drug-likeness (QED) is 0.332. The van der Waals surface area contributed by atoms with Crippen molar-refractivity contribution in [3.05, 3.63) is 90.3 Å². The summed E-state index contributed by atoms with van der Waals surface area (Å²) in [6.45, 7) is 2.98. The average Bonchev–Trinajstić information content (AvgIpc) is 3.12. The van der Waals surface area contributed by atoms with E-state index in [1.807, 2.05) is 84.3 Å². The van der Waals surface area contributed by atoms with Crippen molar-refractivity contribution in [1.29, 1.82) is 0 Å². The molecule has 2 aromatic heterocycles. The molecule has 0 N–H and O–H groups in total. The maximum Gasteiger partial charge on any atom is 0.167 e. The van der Waals surface area contributed by atoms with Gasteiger partial charge in [-0.15, -0.1) is 0 Å². The van der Waals surface area contributed by atoms with Gasteiger partial charge in [-0.1, -0.05) is 36.4 Å². The number of fused-ring (bicyclic) bond motifs is 1. The van der Waals surface area contributed by atoms with E-state index in [2.05, 4.69) is 6.07 Å². The van der Waals surface area contributed by atoms with Gasteiger partial charge < -0.3 is 13.9 Å². The molecule has 0 bridgehead atoms. The fourth-order valence-electron chi connectivity index (χ4n) is 3.28. The van der Waals surface area contributed by atoms with Gasteiger partial charge >= 0.3 is 0 Å². The van der Waals surface area contributed by atoms with Gasteiger partial charge in [0.05, 0.1) is 5.69 Å². The van der Waals surface area contributed by atoms with Crippen molar-refractivity contribution < 1.29 is 14.3 Å². The second kappa shape index (κ2) is 8.01. The first kappa shape index (κ1) is 17.9. The van der Waals surface area contributed by atoms with E-state index in [4.69, 9.17) is 9.47 Å². The molecule has 0 aliphatic heterocycles. The number of aryl methyl sites for hydroxylation is 1. The van der Waals surface area contributed by atoms with E-state index in [1.54, 1.807) is 0 Å². The number of carbonyl (C=O) groups excluding carboxylic acids is 1. The SMILES string of the molecule is Cc1cccn2c(C=O)c(-c3ccc(OCCOc4ccccc4)cc3)cc12. The van der Waals surface area contributed by atoms with Gasteiger partial charge in [-0.25, -0.2) is 0 Å². The zero-order chi connectivity index (χ0) is 19.3. The maximum atomic E-state index is 11.7. The van der Waals surface area contributed by atoms with Crippen molar-refractivity contribution in [2.45, 2.75) is 6.92 Å². The van der Waals surface area contributed by atoms with Crippen LogP contribution in [0, 0.1) is 6.92 Å². The van der Waals surface area contributed by atoms with E-state index in [-0.39, 0.29) is 0 Å².